The predicted octanol–water partition coefficient (Wildman–Crippen LogP) is 2.73. The summed E-state index contributed by atoms with van der Waals surface area (Å²) in [6.45, 7) is 5.91. The molecule has 0 radical (unpaired) electrons. The number of hydrogen-bond donors (Lipinski definition) is 2. The van der Waals surface area contributed by atoms with Gasteiger partial charge in [-0.1, -0.05) is 29.8 Å². The molecule has 0 saturated carbocycles. The molecular formula is C29H35N9O2. The van der Waals surface area contributed by atoms with Crippen LogP contribution in [0, 0.1) is 0 Å². The Bertz CT molecular complexity index is 1660. The van der Waals surface area contributed by atoms with Gasteiger partial charge in [-0.05, 0) is 44.9 Å². The smallest absolute Gasteiger partial charge is 0.332 e. The van der Waals surface area contributed by atoms with Crippen LogP contribution in [0.1, 0.15) is 32.5 Å². The van der Waals surface area contributed by atoms with E-state index in [1.165, 1.54) is 9.13 Å². The number of anilines is 2. The van der Waals surface area contributed by atoms with Gasteiger partial charge in [0.15, 0.2) is 17.0 Å². The predicted molar refractivity (Wildman–Crippen MR) is 158 cm³/mol. The number of piperidine rings is 1. The Balaban J connectivity index is 1.66. The molecule has 0 aliphatic carbocycles. The number of aryl methyl sites for hydroxylation is 1. The summed E-state index contributed by atoms with van der Waals surface area (Å²) in [6, 6.07) is 11.3. The van der Waals surface area contributed by atoms with Crippen molar-refractivity contribution in [2.75, 3.05) is 23.3 Å². The number of imidazole rings is 1. The van der Waals surface area contributed by atoms with Crippen molar-refractivity contribution < 1.29 is 0 Å². The molecule has 208 valence electrons. The summed E-state index contributed by atoms with van der Waals surface area (Å²) in [7, 11) is 1.65. The van der Waals surface area contributed by atoms with Crippen molar-refractivity contribution >= 4 is 28.9 Å². The fourth-order valence-electron chi connectivity index (χ4n) is 4.92. The molecule has 1 unspecified atom stereocenters. The minimum Gasteiger partial charge on any atom is -0.357 e. The van der Waals surface area contributed by atoms with Crippen molar-refractivity contribution in [1.82, 2.24) is 28.7 Å². The summed E-state index contributed by atoms with van der Waals surface area (Å²) in [6.07, 6.45) is 8.97. The summed E-state index contributed by atoms with van der Waals surface area (Å²) in [5, 5.41) is 3.33. The number of hydrogen-bond acceptors (Lipinski definition) is 8. The van der Waals surface area contributed by atoms with Gasteiger partial charge in [-0.3, -0.25) is 13.9 Å². The molecule has 1 aliphatic heterocycles. The van der Waals surface area contributed by atoms with Crippen LogP contribution in [0.3, 0.4) is 0 Å². The van der Waals surface area contributed by atoms with Crippen molar-refractivity contribution in [3.05, 3.63) is 92.8 Å². The molecule has 11 heteroatoms. The normalized spacial score (nSPS) is 15.8. The summed E-state index contributed by atoms with van der Waals surface area (Å²) in [5.74, 6) is 1.12. The highest BCUT2D eigenvalue weighted by atomic mass is 16.2. The van der Waals surface area contributed by atoms with Crippen LogP contribution in [-0.2, 0) is 20.1 Å². The number of para-hydroxylation sites is 1. The highest BCUT2D eigenvalue weighted by Gasteiger charge is 2.26. The molecule has 5 rings (SSSR count). The van der Waals surface area contributed by atoms with E-state index in [1.807, 2.05) is 48.7 Å². The molecule has 1 saturated heterocycles. The third-order valence-corrected chi connectivity index (χ3v) is 6.93. The van der Waals surface area contributed by atoms with Gasteiger partial charge >= 0.3 is 5.69 Å². The van der Waals surface area contributed by atoms with Crippen LogP contribution in [0.4, 0.5) is 11.6 Å². The molecule has 40 heavy (non-hydrogen) atoms. The van der Waals surface area contributed by atoms with Crippen molar-refractivity contribution in [3.8, 4) is 0 Å². The fourth-order valence-corrected chi connectivity index (χ4v) is 4.92. The minimum atomic E-state index is -0.457. The second-order valence-electron chi connectivity index (χ2n) is 10.3. The molecule has 0 amide bonds. The zero-order valence-electron chi connectivity index (χ0n) is 23.1. The van der Waals surface area contributed by atoms with E-state index in [-0.39, 0.29) is 12.6 Å². The Kier molecular flexibility index (Phi) is 7.92. The lowest BCUT2D eigenvalue weighted by Crippen LogP contribution is -2.44. The number of allylic oxidation sites excluding steroid dienone is 3. The second-order valence-corrected chi connectivity index (χ2v) is 10.3. The monoisotopic (exact) mass is 541 g/mol. The molecule has 3 aromatic heterocycles. The average Bonchev–Trinajstić information content (AvgIpc) is 3.34. The van der Waals surface area contributed by atoms with Crippen LogP contribution in [0.25, 0.3) is 17.2 Å². The Hall–Kier alpha value is -4.51. The molecule has 0 bridgehead atoms. The molecule has 4 aromatic rings. The lowest BCUT2D eigenvalue weighted by atomic mass is 10.1. The molecule has 1 aromatic carbocycles. The van der Waals surface area contributed by atoms with Crippen LogP contribution < -0.4 is 27.2 Å². The maximum atomic E-state index is 14.1. The van der Waals surface area contributed by atoms with Crippen molar-refractivity contribution in [3.63, 3.8) is 0 Å². The van der Waals surface area contributed by atoms with E-state index in [2.05, 4.69) is 26.3 Å². The zero-order valence-corrected chi connectivity index (χ0v) is 23.1. The first kappa shape index (κ1) is 27.1. The summed E-state index contributed by atoms with van der Waals surface area (Å²) >= 11 is 0. The van der Waals surface area contributed by atoms with Gasteiger partial charge in [0.2, 0.25) is 5.95 Å². The van der Waals surface area contributed by atoms with Gasteiger partial charge in [0, 0.05) is 62.6 Å². The van der Waals surface area contributed by atoms with Crippen LogP contribution in [0.5, 0.6) is 0 Å². The van der Waals surface area contributed by atoms with E-state index in [9.17, 15) is 9.59 Å². The summed E-state index contributed by atoms with van der Waals surface area (Å²) < 4.78 is 4.59. The van der Waals surface area contributed by atoms with Gasteiger partial charge in [0.05, 0.1) is 6.54 Å². The van der Waals surface area contributed by atoms with Crippen LogP contribution >= 0.6 is 0 Å². The van der Waals surface area contributed by atoms with Crippen LogP contribution in [0.2, 0.25) is 0 Å². The standard InChI is InChI=1S/C29H35N9O2/c1-20(2)12-16-37-25-26(34-28(37)36-15-7-9-21(30)18-36)35(3)29(40)38(27(25)39)19-23(17-24-31-13-8-14-32-24)33-22-10-5-4-6-11-22/h4-6,8,10-14,17,21,33H,7,9,15-16,18-19,30H2,1-3H3/b23-17+. The highest BCUT2D eigenvalue weighted by Crippen LogP contribution is 2.23. The Morgan fingerprint density at radius 2 is 1.85 bits per heavy atom. The van der Waals surface area contributed by atoms with Gasteiger partial charge in [-0.25, -0.2) is 14.8 Å². The molecule has 3 N–H and O–H groups in total. The maximum Gasteiger partial charge on any atom is 0.332 e. The Morgan fingerprint density at radius 3 is 2.55 bits per heavy atom. The van der Waals surface area contributed by atoms with Crippen LogP contribution in [0.15, 0.2) is 75.7 Å². The van der Waals surface area contributed by atoms with E-state index in [0.717, 1.165) is 30.6 Å². The topological polar surface area (TPSA) is 129 Å². The van der Waals surface area contributed by atoms with Crippen molar-refractivity contribution in [2.24, 2.45) is 12.8 Å². The fraction of sp³-hybridized carbons (Fsp3) is 0.345. The third kappa shape index (κ3) is 5.74. The summed E-state index contributed by atoms with van der Waals surface area (Å²) in [4.78, 5) is 43.3. The second kappa shape index (κ2) is 11.7. The SMILES string of the molecule is CC(C)=CCn1c(N2CCCC(N)C2)nc2c1c(=O)n(C/C(=C\c1ncccn1)Nc1ccccc1)c(=O)n2C. The number of nitrogens with zero attached hydrogens (tertiary/aromatic N) is 7. The first-order chi connectivity index (χ1) is 19.3. The average molecular weight is 542 g/mol. The van der Waals surface area contributed by atoms with Gasteiger partial charge in [-0.2, -0.15) is 4.98 Å². The van der Waals surface area contributed by atoms with E-state index in [0.29, 0.717) is 41.7 Å². The van der Waals surface area contributed by atoms with Crippen molar-refractivity contribution in [1.29, 1.82) is 0 Å². The molecule has 11 nitrogen and oxygen atoms in total. The van der Waals surface area contributed by atoms with Gasteiger partial charge in [-0.15, -0.1) is 0 Å². The number of rotatable bonds is 8. The number of nitrogens with one attached hydrogen (secondary N) is 1. The van der Waals surface area contributed by atoms with Gasteiger partial charge < -0.3 is 20.5 Å². The molecular weight excluding hydrogens is 506 g/mol. The first-order valence-corrected chi connectivity index (χ1v) is 13.5. The third-order valence-electron chi connectivity index (χ3n) is 6.93. The van der Waals surface area contributed by atoms with Crippen LogP contribution in [-0.4, -0.2) is 47.8 Å². The molecule has 0 spiro atoms. The largest absolute Gasteiger partial charge is 0.357 e. The van der Waals surface area contributed by atoms with E-state index in [1.54, 1.807) is 31.6 Å². The van der Waals surface area contributed by atoms with E-state index in [4.69, 9.17) is 10.7 Å². The lowest BCUT2D eigenvalue weighted by Gasteiger charge is -2.31. The quantitative estimate of drug-likeness (QED) is 0.326. The zero-order chi connectivity index (χ0) is 28.2. The van der Waals surface area contributed by atoms with Crippen molar-refractivity contribution in [2.45, 2.75) is 45.8 Å². The summed E-state index contributed by atoms with van der Waals surface area (Å²) in [5.41, 5.74) is 8.68. The molecule has 4 heterocycles. The molecule has 1 fully saturated rings. The number of aromatic nitrogens is 6. The Labute approximate surface area is 232 Å². The number of benzene rings is 1. The molecule has 1 atom stereocenters. The minimum absolute atomic E-state index is 0.00760. The van der Waals surface area contributed by atoms with E-state index >= 15 is 0 Å². The lowest BCUT2D eigenvalue weighted by molar-refractivity contribution is 0.495. The maximum absolute atomic E-state index is 14.1. The number of fused-ring (bicyclic) bond motifs is 1. The molecule has 1 aliphatic rings. The Morgan fingerprint density at radius 1 is 1.10 bits per heavy atom. The number of nitrogens with two attached hydrogens (primary N) is 1. The van der Waals surface area contributed by atoms with E-state index < -0.39 is 11.2 Å². The van der Waals surface area contributed by atoms with Gasteiger partial charge in [0.1, 0.15) is 0 Å². The van der Waals surface area contributed by atoms with Gasteiger partial charge in [0.25, 0.3) is 5.56 Å². The highest BCUT2D eigenvalue weighted by molar-refractivity contribution is 5.75. The first-order valence-electron chi connectivity index (χ1n) is 13.5.